The van der Waals surface area contributed by atoms with Crippen LogP contribution in [0.5, 0.6) is 0 Å². The van der Waals surface area contributed by atoms with E-state index in [9.17, 15) is 0 Å². The van der Waals surface area contributed by atoms with E-state index < -0.39 is 0 Å². The highest BCUT2D eigenvalue weighted by Gasteiger charge is 2.11. The van der Waals surface area contributed by atoms with Gasteiger partial charge in [0.25, 0.3) is 0 Å². The lowest BCUT2D eigenvalue weighted by Crippen LogP contribution is -2.08. The summed E-state index contributed by atoms with van der Waals surface area (Å²) < 4.78 is 2.09. The molecular formula is C12H10ClN3. The van der Waals surface area contributed by atoms with Gasteiger partial charge in [-0.3, -0.25) is 4.99 Å². The topological polar surface area (TPSA) is 29.3 Å². The van der Waals surface area contributed by atoms with Crippen molar-refractivity contribution in [3.05, 3.63) is 47.1 Å². The van der Waals surface area contributed by atoms with Gasteiger partial charge < -0.3 is 9.88 Å². The number of nitrogens with zero attached hydrogens (tertiary/aromatic N) is 2. The molecule has 4 heteroatoms. The van der Waals surface area contributed by atoms with Crippen molar-refractivity contribution in [2.24, 2.45) is 4.99 Å². The zero-order chi connectivity index (χ0) is 11.0. The van der Waals surface area contributed by atoms with Gasteiger partial charge in [-0.1, -0.05) is 11.6 Å². The molecule has 1 aliphatic heterocycles. The summed E-state index contributed by atoms with van der Waals surface area (Å²) in [6.45, 7) is 0.739. The van der Waals surface area contributed by atoms with Crippen LogP contribution in [-0.4, -0.2) is 10.9 Å². The number of halogens is 1. The van der Waals surface area contributed by atoms with E-state index in [0.29, 0.717) is 0 Å². The summed E-state index contributed by atoms with van der Waals surface area (Å²) >= 11 is 5.87. The van der Waals surface area contributed by atoms with E-state index in [1.165, 1.54) is 5.56 Å². The second kappa shape index (κ2) is 3.68. The van der Waals surface area contributed by atoms with Crippen LogP contribution in [0, 0.1) is 0 Å². The zero-order valence-corrected chi connectivity index (χ0v) is 9.28. The van der Waals surface area contributed by atoms with Crippen molar-refractivity contribution in [2.45, 2.75) is 6.54 Å². The lowest BCUT2D eigenvalue weighted by atomic mass is 10.3. The molecule has 16 heavy (non-hydrogen) atoms. The van der Waals surface area contributed by atoms with Gasteiger partial charge in [-0.25, -0.2) is 0 Å². The Morgan fingerprint density at radius 1 is 1.19 bits per heavy atom. The smallest absolute Gasteiger partial charge is 0.120 e. The minimum atomic E-state index is 0.739. The van der Waals surface area contributed by atoms with E-state index in [0.717, 1.165) is 23.1 Å². The van der Waals surface area contributed by atoms with Crippen molar-refractivity contribution in [1.82, 2.24) is 4.57 Å². The SMILES string of the molecule is Clc1ccc(-n2ccc3c2NC=NC3)cc1. The maximum absolute atomic E-state index is 5.87. The Labute approximate surface area is 98.4 Å². The number of hydrogen-bond acceptors (Lipinski definition) is 2. The molecule has 0 bridgehead atoms. The molecule has 0 unspecified atom stereocenters. The Balaban J connectivity index is 2.08. The quantitative estimate of drug-likeness (QED) is 0.803. The molecule has 0 saturated carbocycles. The summed E-state index contributed by atoms with van der Waals surface area (Å²) in [6.07, 6.45) is 3.77. The van der Waals surface area contributed by atoms with Crippen molar-refractivity contribution >= 4 is 23.8 Å². The molecule has 0 aliphatic carbocycles. The van der Waals surface area contributed by atoms with Crippen molar-refractivity contribution < 1.29 is 0 Å². The molecule has 0 amide bonds. The van der Waals surface area contributed by atoms with Crippen LogP contribution in [-0.2, 0) is 6.54 Å². The number of anilines is 1. The predicted molar refractivity (Wildman–Crippen MR) is 66.6 cm³/mol. The zero-order valence-electron chi connectivity index (χ0n) is 8.52. The molecule has 1 aliphatic rings. The minimum Gasteiger partial charge on any atom is -0.332 e. The van der Waals surface area contributed by atoms with Crippen LogP contribution >= 0.6 is 11.6 Å². The first-order valence-corrected chi connectivity index (χ1v) is 5.43. The van der Waals surface area contributed by atoms with Gasteiger partial charge >= 0.3 is 0 Å². The summed E-state index contributed by atoms with van der Waals surface area (Å²) in [7, 11) is 0. The number of nitrogens with one attached hydrogen (secondary N) is 1. The van der Waals surface area contributed by atoms with E-state index >= 15 is 0 Å². The molecule has 3 rings (SSSR count). The maximum Gasteiger partial charge on any atom is 0.120 e. The number of hydrogen-bond donors (Lipinski definition) is 1. The molecule has 1 aromatic heterocycles. The Bertz CT molecular complexity index is 540. The lowest BCUT2D eigenvalue weighted by molar-refractivity contribution is 1.02. The molecule has 1 aromatic carbocycles. The summed E-state index contributed by atoms with van der Waals surface area (Å²) in [5.74, 6) is 1.08. The third-order valence-electron chi connectivity index (χ3n) is 2.63. The second-order valence-corrected chi connectivity index (χ2v) is 4.09. The largest absolute Gasteiger partial charge is 0.332 e. The molecule has 0 atom stereocenters. The predicted octanol–water partition coefficient (Wildman–Crippen LogP) is 3.08. The van der Waals surface area contributed by atoms with Crippen molar-refractivity contribution in [3.63, 3.8) is 0 Å². The minimum absolute atomic E-state index is 0.739. The fourth-order valence-electron chi connectivity index (χ4n) is 1.83. The van der Waals surface area contributed by atoms with Gasteiger partial charge in [0.2, 0.25) is 0 Å². The third-order valence-corrected chi connectivity index (χ3v) is 2.88. The highest BCUT2D eigenvalue weighted by atomic mass is 35.5. The van der Waals surface area contributed by atoms with Crippen LogP contribution in [0.25, 0.3) is 5.69 Å². The van der Waals surface area contributed by atoms with Crippen LogP contribution < -0.4 is 5.32 Å². The molecule has 0 radical (unpaired) electrons. The van der Waals surface area contributed by atoms with Crippen molar-refractivity contribution in [3.8, 4) is 5.69 Å². The number of aromatic nitrogens is 1. The van der Waals surface area contributed by atoms with E-state index in [4.69, 9.17) is 11.6 Å². The van der Waals surface area contributed by atoms with Gasteiger partial charge in [0, 0.05) is 22.5 Å². The standard InChI is InChI=1S/C12H10ClN3/c13-10-1-3-11(4-2-10)16-6-5-9-7-14-8-15-12(9)16/h1-6,8H,7H2,(H,14,15). The number of aliphatic imine (C=N–C) groups is 1. The fraction of sp³-hybridized carbons (Fsp3) is 0.0833. The summed E-state index contributed by atoms with van der Waals surface area (Å²) in [6, 6.07) is 9.85. The molecule has 80 valence electrons. The van der Waals surface area contributed by atoms with Crippen molar-refractivity contribution in [1.29, 1.82) is 0 Å². The number of rotatable bonds is 1. The normalized spacial score (nSPS) is 13.3. The van der Waals surface area contributed by atoms with Gasteiger partial charge in [-0.15, -0.1) is 0 Å². The van der Waals surface area contributed by atoms with E-state index in [2.05, 4.69) is 20.9 Å². The maximum atomic E-state index is 5.87. The number of benzene rings is 1. The van der Waals surface area contributed by atoms with E-state index in [1.807, 2.05) is 30.5 Å². The third kappa shape index (κ3) is 1.49. The molecule has 2 aromatic rings. The van der Waals surface area contributed by atoms with Gasteiger partial charge in [0.05, 0.1) is 12.9 Å². The summed E-state index contributed by atoms with van der Waals surface area (Å²) in [5, 5.41) is 3.91. The Morgan fingerprint density at radius 2 is 2.00 bits per heavy atom. The molecule has 3 nitrogen and oxygen atoms in total. The first kappa shape index (κ1) is 9.48. The Kier molecular flexibility index (Phi) is 2.18. The van der Waals surface area contributed by atoms with Crippen LogP contribution in [0.15, 0.2) is 41.5 Å². The molecule has 0 saturated heterocycles. The molecular weight excluding hydrogens is 222 g/mol. The van der Waals surface area contributed by atoms with Crippen LogP contribution in [0.3, 0.4) is 0 Å². The van der Waals surface area contributed by atoms with Gasteiger partial charge in [0.15, 0.2) is 0 Å². The first-order chi connectivity index (χ1) is 7.84. The van der Waals surface area contributed by atoms with E-state index in [-0.39, 0.29) is 0 Å². The molecule has 1 N–H and O–H groups in total. The molecule has 0 fully saturated rings. The van der Waals surface area contributed by atoms with Gasteiger partial charge in [0.1, 0.15) is 5.82 Å². The van der Waals surface area contributed by atoms with Crippen LogP contribution in [0.4, 0.5) is 5.82 Å². The van der Waals surface area contributed by atoms with Crippen molar-refractivity contribution in [2.75, 3.05) is 5.32 Å². The van der Waals surface area contributed by atoms with Crippen LogP contribution in [0.1, 0.15) is 5.56 Å². The van der Waals surface area contributed by atoms with Gasteiger partial charge in [-0.05, 0) is 30.3 Å². The molecule has 0 spiro atoms. The fourth-order valence-corrected chi connectivity index (χ4v) is 1.96. The second-order valence-electron chi connectivity index (χ2n) is 3.65. The molecule has 2 heterocycles. The first-order valence-electron chi connectivity index (χ1n) is 5.05. The van der Waals surface area contributed by atoms with Crippen LogP contribution in [0.2, 0.25) is 5.02 Å². The number of fused-ring (bicyclic) bond motifs is 1. The van der Waals surface area contributed by atoms with E-state index in [1.54, 1.807) is 6.34 Å². The Hall–Kier alpha value is -1.74. The highest BCUT2D eigenvalue weighted by molar-refractivity contribution is 6.30. The average molecular weight is 232 g/mol. The Morgan fingerprint density at radius 3 is 2.81 bits per heavy atom. The monoisotopic (exact) mass is 231 g/mol. The average Bonchev–Trinajstić information content (AvgIpc) is 2.74. The lowest BCUT2D eigenvalue weighted by Gasteiger charge is -2.13. The van der Waals surface area contributed by atoms with Gasteiger partial charge in [-0.2, -0.15) is 0 Å². The summed E-state index contributed by atoms with van der Waals surface area (Å²) in [5.41, 5.74) is 2.30. The highest BCUT2D eigenvalue weighted by Crippen LogP contribution is 2.25. The summed E-state index contributed by atoms with van der Waals surface area (Å²) in [4.78, 5) is 4.17.